The van der Waals surface area contributed by atoms with Gasteiger partial charge in [-0.15, -0.1) is 0 Å². The molecule has 0 saturated heterocycles. The molecule has 1 heterocycles. The molecule has 0 radical (unpaired) electrons. The molecule has 3 rings (SSSR count). The van der Waals surface area contributed by atoms with Crippen LogP contribution >= 0.6 is 0 Å². The fourth-order valence-corrected chi connectivity index (χ4v) is 2.80. The Hall–Kier alpha value is -2.42. The maximum absolute atomic E-state index is 12.2. The molecule has 0 spiro atoms. The fourth-order valence-electron chi connectivity index (χ4n) is 2.80. The van der Waals surface area contributed by atoms with Crippen LogP contribution in [-0.4, -0.2) is 11.7 Å². The number of carbonyl (C=O) groups excluding carboxylic acids is 2. The van der Waals surface area contributed by atoms with Crippen molar-refractivity contribution in [1.82, 2.24) is 0 Å². The molecule has 0 fully saturated rings. The van der Waals surface area contributed by atoms with E-state index in [0.717, 1.165) is 28.8 Å². The second-order valence-electron chi connectivity index (χ2n) is 5.78. The van der Waals surface area contributed by atoms with E-state index in [-0.39, 0.29) is 11.7 Å². The Morgan fingerprint density at radius 3 is 2.36 bits per heavy atom. The molecular weight excluding hydrogens is 274 g/mol. The maximum atomic E-state index is 12.2. The summed E-state index contributed by atoms with van der Waals surface area (Å²) in [5, 5.41) is 2.80. The summed E-state index contributed by atoms with van der Waals surface area (Å²) in [5.74, 6) is 0.218. The van der Waals surface area contributed by atoms with Gasteiger partial charge in [0.25, 0.3) is 0 Å². The third-order valence-electron chi connectivity index (χ3n) is 4.03. The first kappa shape index (κ1) is 14.5. The van der Waals surface area contributed by atoms with Crippen LogP contribution in [0.3, 0.4) is 0 Å². The van der Waals surface area contributed by atoms with Gasteiger partial charge in [0.1, 0.15) is 5.78 Å². The third kappa shape index (κ3) is 3.25. The average Bonchev–Trinajstić information content (AvgIpc) is 2.87. The van der Waals surface area contributed by atoms with Crippen LogP contribution in [0.1, 0.15) is 29.2 Å². The van der Waals surface area contributed by atoms with E-state index in [4.69, 9.17) is 0 Å². The largest absolute Gasteiger partial charge is 0.326 e. The van der Waals surface area contributed by atoms with Gasteiger partial charge in [0.05, 0.1) is 6.42 Å². The van der Waals surface area contributed by atoms with Gasteiger partial charge in [0, 0.05) is 18.5 Å². The van der Waals surface area contributed by atoms with Crippen molar-refractivity contribution >= 4 is 17.4 Å². The van der Waals surface area contributed by atoms with E-state index in [1.54, 1.807) is 0 Å². The molecular formula is C19H19NO2. The minimum atomic E-state index is 0.0227. The predicted molar refractivity (Wildman–Crippen MR) is 87.0 cm³/mol. The van der Waals surface area contributed by atoms with E-state index < -0.39 is 0 Å². The number of hydrogen-bond donors (Lipinski definition) is 1. The molecule has 1 N–H and O–H groups in total. The van der Waals surface area contributed by atoms with Gasteiger partial charge in [-0.2, -0.15) is 0 Å². The summed E-state index contributed by atoms with van der Waals surface area (Å²) in [6.07, 6.45) is 2.29. The van der Waals surface area contributed by atoms with E-state index in [1.807, 2.05) is 30.3 Å². The number of aryl methyl sites for hydroxylation is 1. The monoisotopic (exact) mass is 293 g/mol. The summed E-state index contributed by atoms with van der Waals surface area (Å²) in [4.78, 5) is 23.6. The van der Waals surface area contributed by atoms with Crippen molar-refractivity contribution in [2.75, 3.05) is 5.32 Å². The van der Waals surface area contributed by atoms with E-state index in [1.165, 1.54) is 5.56 Å². The van der Waals surface area contributed by atoms with Crippen LogP contribution < -0.4 is 5.32 Å². The molecule has 22 heavy (non-hydrogen) atoms. The second kappa shape index (κ2) is 6.14. The Bertz CT molecular complexity index is 717. The lowest BCUT2D eigenvalue weighted by Crippen LogP contribution is -2.06. The van der Waals surface area contributed by atoms with Gasteiger partial charge in [-0.1, -0.05) is 43.3 Å². The lowest BCUT2D eigenvalue weighted by molar-refractivity contribution is -0.118. The molecule has 0 unspecified atom stereocenters. The zero-order valence-electron chi connectivity index (χ0n) is 12.7. The third-order valence-corrected chi connectivity index (χ3v) is 4.03. The van der Waals surface area contributed by atoms with Crippen LogP contribution in [0.15, 0.2) is 42.5 Å². The lowest BCUT2D eigenvalue weighted by atomic mass is 9.99. The molecule has 0 aromatic heterocycles. The Labute approximate surface area is 130 Å². The van der Waals surface area contributed by atoms with Crippen molar-refractivity contribution in [2.45, 2.75) is 32.6 Å². The lowest BCUT2D eigenvalue weighted by Gasteiger charge is -2.05. The first-order valence-electron chi connectivity index (χ1n) is 7.65. The first-order valence-corrected chi connectivity index (χ1v) is 7.65. The quantitative estimate of drug-likeness (QED) is 0.920. The normalized spacial score (nSPS) is 12.9. The molecule has 0 aliphatic carbocycles. The number of ketones is 1. The zero-order chi connectivity index (χ0) is 15.5. The summed E-state index contributed by atoms with van der Waals surface area (Å²) < 4.78 is 0. The van der Waals surface area contributed by atoms with Crippen LogP contribution in [-0.2, 0) is 35.3 Å². The highest BCUT2D eigenvalue weighted by Crippen LogP contribution is 2.24. The number of anilines is 1. The molecule has 3 nitrogen and oxygen atoms in total. The molecule has 0 saturated carbocycles. The fraction of sp³-hybridized carbons (Fsp3) is 0.263. The van der Waals surface area contributed by atoms with Crippen LogP contribution in [0.2, 0.25) is 0 Å². The number of amides is 1. The molecule has 2 aromatic rings. The van der Waals surface area contributed by atoms with Crippen molar-refractivity contribution < 1.29 is 9.59 Å². The van der Waals surface area contributed by atoms with Crippen LogP contribution in [0, 0.1) is 0 Å². The van der Waals surface area contributed by atoms with Crippen molar-refractivity contribution in [3.63, 3.8) is 0 Å². The predicted octanol–water partition coefficient (Wildman–Crippen LogP) is 3.10. The highest BCUT2D eigenvalue weighted by Gasteiger charge is 2.18. The van der Waals surface area contributed by atoms with Crippen molar-refractivity contribution in [3.05, 3.63) is 64.7 Å². The van der Waals surface area contributed by atoms with Crippen LogP contribution in [0.25, 0.3) is 0 Å². The Morgan fingerprint density at radius 2 is 1.64 bits per heavy atom. The van der Waals surface area contributed by atoms with Gasteiger partial charge in [-0.25, -0.2) is 0 Å². The zero-order valence-corrected chi connectivity index (χ0v) is 12.7. The summed E-state index contributed by atoms with van der Waals surface area (Å²) in [6.45, 7) is 2.12. The number of Topliss-reactive ketones (excluding diaryl/α,β-unsaturated/α-hetero) is 1. The Morgan fingerprint density at radius 1 is 1.00 bits per heavy atom. The summed E-state index contributed by atoms with van der Waals surface area (Å²) >= 11 is 0. The molecule has 3 heteroatoms. The van der Waals surface area contributed by atoms with Crippen molar-refractivity contribution in [2.24, 2.45) is 0 Å². The molecule has 1 amide bonds. The maximum Gasteiger partial charge on any atom is 0.228 e. The summed E-state index contributed by atoms with van der Waals surface area (Å²) in [7, 11) is 0. The van der Waals surface area contributed by atoms with Crippen molar-refractivity contribution in [1.29, 1.82) is 0 Å². The number of carbonyl (C=O) groups is 2. The van der Waals surface area contributed by atoms with Crippen molar-refractivity contribution in [3.8, 4) is 0 Å². The number of nitrogens with one attached hydrogen (secondary N) is 1. The smallest absolute Gasteiger partial charge is 0.228 e. The molecule has 2 aromatic carbocycles. The average molecular weight is 293 g/mol. The molecule has 1 aliphatic heterocycles. The summed E-state index contributed by atoms with van der Waals surface area (Å²) in [5.41, 5.74) is 5.18. The standard InChI is InChI=1S/C19H19NO2/c1-2-13-3-5-14(6-4-13)10-17(21)11-15-7-8-18-16(9-15)12-19(22)20-18/h3-9H,2,10-12H2,1H3,(H,20,22). The SMILES string of the molecule is CCc1ccc(CC(=O)Cc2ccc3c(c2)CC(=O)N3)cc1. The number of rotatable bonds is 5. The van der Waals surface area contributed by atoms with Crippen LogP contribution in [0.5, 0.6) is 0 Å². The number of benzene rings is 2. The molecule has 0 atom stereocenters. The minimum absolute atomic E-state index is 0.0227. The molecule has 1 aliphatic rings. The van der Waals surface area contributed by atoms with Gasteiger partial charge in [-0.3, -0.25) is 9.59 Å². The van der Waals surface area contributed by atoms with Gasteiger partial charge >= 0.3 is 0 Å². The van der Waals surface area contributed by atoms with Crippen LogP contribution in [0.4, 0.5) is 5.69 Å². The van der Waals surface area contributed by atoms with Gasteiger partial charge in [0.2, 0.25) is 5.91 Å². The van der Waals surface area contributed by atoms with E-state index >= 15 is 0 Å². The molecule has 0 bridgehead atoms. The topological polar surface area (TPSA) is 46.2 Å². The van der Waals surface area contributed by atoms with Gasteiger partial charge < -0.3 is 5.32 Å². The molecule has 112 valence electrons. The second-order valence-corrected chi connectivity index (χ2v) is 5.78. The number of hydrogen-bond acceptors (Lipinski definition) is 2. The van der Waals surface area contributed by atoms with E-state index in [2.05, 4.69) is 24.4 Å². The summed E-state index contributed by atoms with van der Waals surface area (Å²) in [6, 6.07) is 14.0. The van der Waals surface area contributed by atoms with Gasteiger partial charge in [0.15, 0.2) is 0 Å². The van der Waals surface area contributed by atoms with Gasteiger partial charge in [-0.05, 0) is 34.7 Å². The van der Waals surface area contributed by atoms with E-state index in [9.17, 15) is 9.59 Å². The minimum Gasteiger partial charge on any atom is -0.326 e. The number of fused-ring (bicyclic) bond motifs is 1. The highest BCUT2D eigenvalue weighted by atomic mass is 16.1. The Balaban J connectivity index is 1.64. The highest BCUT2D eigenvalue weighted by molar-refractivity contribution is 5.99. The Kier molecular flexibility index (Phi) is 4.05. The van der Waals surface area contributed by atoms with E-state index in [0.29, 0.717) is 19.3 Å². The first-order chi connectivity index (χ1) is 10.6.